The van der Waals surface area contributed by atoms with Crippen molar-refractivity contribution in [2.24, 2.45) is 5.73 Å². The normalized spacial score (nSPS) is 13.1. The Kier molecular flexibility index (Phi) is 5.66. The standard InChI is InChI=1S/C15H26N2/c1-12-7-8-14(10-13(12)2)11-15(16)6-5-9-17(3)4/h7-8,10,15H,5-6,9,11,16H2,1-4H3. The molecule has 0 radical (unpaired) electrons. The van der Waals surface area contributed by atoms with Crippen LogP contribution in [0.5, 0.6) is 0 Å². The first kappa shape index (κ1) is 14.2. The highest BCUT2D eigenvalue weighted by molar-refractivity contribution is 5.30. The van der Waals surface area contributed by atoms with E-state index in [4.69, 9.17) is 5.73 Å². The number of hydrogen-bond acceptors (Lipinski definition) is 2. The van der Waals surface area contributed by atoms with Crippen molar-refractivity contribution >= 4 is 0 Å². The fourth-order valence-corrected chi connectivity index (χ4v) is 2.01. The minimum atomic E-state index is 0.289. The first-order valence-electron chi connectivity index (χ1n) is 6.45. The highest BCUT2D eigenvalue weighted by Crippen LogP contribution is 2.12. The van der Waals surface area contributed by atoms with Crippen LogP contribution in [0.4, 0.5) is 0 Å². The molecular formula is C15H26N2. The molecule has 2 nitrogen and oxygen atoms in total. The van der Waals surface area contributed by atoms with Gasteiger partial charge in [0.2, 0.25) is 0 Å². The van der Waals surface area contributed by atoms with E-state index in [0.29, 0.717) is 0 Å². The van der Waals surface area contributed by atoms with Gasteiger partial charge in [-0.15, -0.1) is 0 Å². The Morgan fingerprint density at radius 2 is 1.88 bits per heavy atom. The molecule has 2 N–H and O–H groups in total. The average molecular weight is 234 g/mol. The van der Waals surface area contributed by atoms with Gasteiger partial charge in [0.25, 0.3) is 0 Å². The van der Waals surface area contributed by atoms with E-state index < -0.39 is 0 Å². The summed E-state index contributed by atoms with van der Waals surface area (Å²) in [7, 11) is 4.21. The Labute approximate surface area is 106 Å². The molecule has 96 valence electrons. The number of nitrogens with two attached hydrogens (primary N) is 1. The van der Waals surface area contributed by atoms with Crippen LogP contribution in [0, 0.1) is 13.8 Å². The first-order chi connectivity index (χ1) is 7.99. The van der Waals surface area contributed by atoms with E-state index >= 15 is 0 Å². The zero-order valence-electron chi connectivity index (χ0n) is 11.7. The Morgan fingerprint density at radius 1 is 1.18 bits per heavy atom. The molecule has 0 aromatic heterocycles. The zero-order valence-corrected chi connectivity index (χ0v) is 11.7. The van der Waals surface area contributed by atoms with Gasteiger partial charge in [-0.05, 0) is 70.4 Å². The van der Waals surface area contributed by atoms with Gasteiger partial charge in [0.05, 0.1) is 0 Å². The third-order valence-electron chi connectivity index (χ3n) is 3.25. The van der Waals surface area contributed by atoms with Gasteiger partial charge in [0.1, 0.15) is 0 Å². The molecule has 1 aromatic carbocycles. The molecule has 2 heteroatoms. The summed E-state index contributed by atoms with van der Waals surface area (Å²) in [5.41, 5.74) is 10.2. The van der Waals surface area contributed by atoms with Gasteiger partial charge in [0, 0.05) is 6.04 Å². The predicted octanol–water partition coefficient (Wildman–Crippen LogP) is 2.52. The van der Waals surface area contributed by atoms with Gasteiger partial charge in [-0.2, -0.15) is 0 Å². The summed E-state index contributed by atoms with van der Waals surface area (Å²) in [6, 6.07) is 6.95. The van der Waals surface area contributed by atoms with E-state index in [2.05, 4.69) is 51.0 Å². The Morgan fingerprint density at radius 3 is 2.47 bits per heavy atom. The lowest BCUT2D eigenvalue weighted by molar-refractivity contribution is 0.384. The number of nitrogens with zero attached hydrogens (tertiary/aromatic N) is 1. The van der Waals surface area contributed by atoms with Crippen molar-refractivity contribution < 1.29 is 0 Å². The van der Waals surface area contributed by atoms with Crippen LogP contribution in [0.1, 0.15) is 29.5 Å². The lowest BCUT2D eigenvalue weighted by Gasteiger charge is -2.14. The van der Waals surface area contributed by atoms with Crippen LogP contribution < -0.4 is 5.73 Å². The summed E-state index contributed by atoms with van der Waals surface area (Å²) in [4.78, 5) is 2.21. The largest absolute Gasteiger partial charge is 0.327 e. The van der Waals surface area contributed by atoms with E-state index in [1.165, 1.54) is 23.1 Å². The van der Waals surface area contributed by atoms with Gasteiger partial charge >= 0.3 is 0 Å². The van der Waals surface area contributed by atoms with E-state index in [9.17, 15) is 0 Å². The van der Waals surface area contributed by atoms with Crippen LogP contribution in [-0.2, 0) is 6.42 Å². The highest BCUT2D eigenvalue weighted by Gasteiger charge is 2.05. The SMILES string of the molecule is Cc1ccc(CC(N)CCCN(C)C)cc1C. The lowest BCUT2D eigenvalue weighted by atomic mass is 9.99. The van der Waals surface area contributed by atoms with Crippen molar-refractivity contribution in [3.63, 3.8) is 0 Å². The fourth-order valence-electron chi connectivity index (χ4n) is 2.01. The maximum absolute atomic E-state index is 6.16. The van der Waals surface area contributed by atoms with Crippen LogP contribution in [0.3, 0.4) is 0 Å². The smallest absolute Gasteiger partial charge is 0.00797 e. The second-order valence-electron chi connectivity index (χ2n) is 5.33. The second kappa shape index (κ2) is 6.77. The van der Waals surface area contributed by atoms with Crippen molar-refractivity contribution in [1.82, 2.24) is 4.90 Å². The Bertz CT molecular complexity index is 345. The molecule has 0 spiro atoms. The molecule has 0 amide bonds. The molecule has 1 aromatic rings. The summed E-state index contributed by atoms with van der Waals surface area (Å²) in [5, 5.41) is 0. The number of benzene rings is 1. The van der Waals surface area contributed by atoms with Crippen molar-refractivity contribution in [3.8, 4) is 0 Å². The van der Waals surface area contributed by atoms with Crippen molar-refractivity contribution in [2.45, 2.75) is 39.2 Å². The molecule has 0 aliphatic rings. The molecule has 1 rings (SSSR count). The van der Waals surface area contributed by atoms with Gasteiger partial charge < -0.3 is 10.6 Å². The summed E-state index contributed by atoms with van der Waals surface area (Å²) < 4.78 is 0. The third kappa shape index (κ3) is 5.33. The van der Waals surface area contributed by atoms with E-state index in [1.807, 2.05) is 0 Å². The number of rotatable bonds is 6. The van der Waals surface area contributed by atoms with Crippen LogP contribution in [0.25, 0.3) is 0 Å². The summed E-state index contributed by atoms with van der Waals surface area (Å²) in [6.07, 6.45) is 3.28. The molecule has 0 heterocycles. The van der Waals surface area contributed by atoms with Crippen LogP contribution in [-0.4, -0.2) is 31.6 Å². The lowest BCUT2D eigenvalue weighted by Crippen LogP contribution is -2.24. The maximum Gasteiger partial charge on any atom is 0.00797 e. The predicted molar refractivity (Wildman–Crippen MR) is 75.4 cm³/mol. The molecule has 17 heavy (non-hydrogen) atoms. The second-order valence-corrected chi connectivity index (χ2v) is 5.33. The van der Waals surface area contributed by atoms with E-state index in [1.54, 1.807) is 0 Å². The van der Waals surface area contributed by atoms with Crippen LogP contribution in [0.15, 0.2) is 18.2 Å². The molecule has 0 saturated carbocycles. The van der Waals surface area contributed by atoms with Gasteiger partial charge in [-0.1, -0.05) is 18.2 Å². The van der Waals surface area contributed by atoms with Crippen molar-refractivity contribution in [1.29, 1.82) is 0 Å². The Hall–Kier alpha value is -0.860. The van der Waals surface area contributed by atoms with Crippen molar-refractivity contribution in [3.05, 3.63) is 34.9 Å². The van der Waals surface area contributed by atoms with Gasteiger partial charge in [-0.3, -0.25) is 0 Å². The molecule has 0 fully saturated rings. The molecule has 1 atom stereocenters. The molecule has 0 aliphatic heterocycles. The van der Waals surface area contributed by atoms with Crippen LogP contribution >= 0.6 is 0 Å². The Balaban J connectivity index is 2.39. The molecule has 0 aliphatic carbocycles. The van der Waals surface area contributed by atoms with Gasteiger partial charge in [-0.25, -0.2) is 0 Å². The minimum Gasteiger partial charge on any atom is -0.327 e. The van der Waals surface area contributed by atoms with E-state index in [0.717, 1.165) is 19.4 Å². The summed E-state index contributed by atoms with van der Waals surface area (Å²) >= 11 is 0. The minimum absolute atomic E-state index is 0.289. The topological polar surface area (TPSA) is 29.3 Å². The van der Waals surface area contributed by atoms with Crippen molar-refractivity contribution in [2.75, 3.05) is 20.6 Å². The molecular weight excluding hydrogens is 208 g/mol. The summed E-state index contributed by atoms with van der Waals surface area (Å²) in [6.45, 7) is 5.44. The van der Waals surface area contributed by atoms with E-state index in [-0.39, 0.29) is 6.04 Å². The highest BCUT2D eigenvalue weighted by atomic mass is 15.0. The maximum atomic E-state index is 6.16. The van der Waals surface area contributed by atoms with Crippen LogP contribution in [0.2, 0.25) is 0 Å². The first-order valence-corrected chi connectivity index (χ1v) is 6.45. The molecule has 0 saturated heterocycles. The monoisotopic (exact) mass is 234 g/mol. The summed E-state index contributed by atoms with van der Waals surface area (Å²) in [5.74, 6) is 0. The quantitative estimate of drug-likeness (QED) is 0.819. The zero-order chi connectivity index (χ0) is 12.8. The van der Waals surface area contributed by atoms with Gasteiger partial charge in [0.15, 0.2) is 0 Å². The molecule has 0 bridgehead atoms. The molecule has 1 unspecified atom stereocenters. The fraction of sp³-hybridized carbons (Fsp3) is 0.600. The number of hydrogen-bond donors (Lipinski definition) is 1. The number of aryl methyl sites for hydroxylation is 2. The third-order valence-corrected chi connectivity index (χ3v) is 3.25. The average Bonchev–Trinajstić information content (AvgIpc) is 2.23.